The van der Waals surface area contributed by atoms with Crippen molar-refractivity contribution in [1.29, 1.82) is 0 Å². The third-order valence-corrected chi connectivity index (χ3v) is 4.71. The average Bonchev–Trinajstić information content (AvgIpc) is 2.49. The number of hydrogen-bond acceptors (Lipinski definition) is 5. The minimum atomic E-state index is -3.34. The second kappa shape index (κ2) is 7.41. The van der Waals surface area contributed by atoms with Gasteiger partial charge in [0.1, 0.15) is 0 Å². The lowest BCUT2D eigenvalue weighted by molar-refractivity contribution is 0.599. The van der Waals surface area contributed by atoms with Crippen LogP contribution in [-0.4, -0.2) is 24.4 Å². The van der Waals surface area contributed by atoms with E-state index in [2.05, 4.69) is 46.2 Å². The predicted octanol–water partition coefficient (Wildman–Crippen LogP) is 3.50. The summed E-state index contributed by atoms with van der Waals surface area (Å²) in [6.07, 6.45) is 0.550. The first-order valence-corrected chi connectivity index (χ1v) is 9.26. The zero-order valence-corrected chi connectivity index (χ0v) is 14.4. The molecule has 0 spiro atoms. The van der Waals surface area contributed by atoms with Crippen molar-refractivity contribution >= 4 is 27.3 Å². The van der Waals surface area contributed by atoms with Crippen LogP contribution in [0.15, 0.2) is 36.4 Å². The molecule has 0 saturated carbocycles. The van der Waals surface area contributed by atoms with Crippen molar-refractivity contribution in [3.8, 4) is 0 Å². The molecule has 0 unspecified atom stereocenters. The Kier molecular flexibility index (Phi) is 5.54. The third-order valence-electron chi connectivity index (χ3n) is 3.25. The Labute approximate surface area is 137 Å². The summed E-state index contributed by atoms with van der Waals surface area (Å²) in [7, 11) is -3.34. The molecule has 0 fully saturated rings. The first-order chi connectivity index (χ1) is 10.9. The number of aromatic nitrogens is 2. The summed E-state index contributed by atoms with van der Waals surface area (Å²) in [5.74, 6) is 1.33. The summed E-state index contributed by atoms with van der Waals surface area (Å²) < 4.78 is 25.7. The topological polar surface area (TPSA) is 84.0 Å². The van der Waals surface area contributed by atoms with Gasteiger partial charge >= 0.3 is 0 Å². The van der Waals surface area contributed by atoms with E-state index >= 15 is 0 Å². The fourth-order valence-corrected chi connectivity index (χ4v) is 3.10. The van der Waals surface area contributed by atoms with E-state index in [0.717, 1.165) is 5.69 Å². The van der Waals surface area contributed by atoms with Gasteiger partial charge in [-0.05, 0) is 42.2 Å². The van der Waals surface area contributed by atoms with Gasteiger partial charge in [0, 0.05) is 5.69 Å². The van der Waals surface area contributed by atoms with Crippen LogP contribution in [0.25, 0.3) is 0 Å². The van der Waals surface area contributed by atoms with Gasteiger partial charge in [-0.3, -0.25) is 4.72 Å². The van der Waals surface area contributed by atoms with Crippen molar-refractivity contribution < 1.29 is 8.42 Å². The van der Waals surface area contributed by atoms with E-state index in [1.807, 2.05) is 19.1 Å². The lowest BCUT2D eigenvalue weighted by Crippen LogP contribution is -2.17. The largest absolute Gasteiger partial charge is 0.339 e. The van der Waals surface area contributed by atoms with Crippen LogP contribution >= 0.6 is 0 Å². The van der Waals surface area contributed by atoms with Gasteiger partial charge < -0.3 is 5.32 Å². The normalized spacial score (nSPS) is 11.5. The highest BCUT2D eigenvalue weighted by Crippen LogP contribution is 2.19. The lowest BCUT2D eigenvalue weighted by Gasteiger charge is -2.09. The molecule has 2 rings (SSSR count). The maximum atomic E-state index is 11.7. The smallest absolute Gasteiger partial charge is 0.233 e. The van der Waals surface area contributed by atoms with E-state index in [4.69, 9.17) is 0 Å². The fourth-order valence-electron chi connectivity index (χ4n) is 2.03. The highest BCUT2D eigenvalue weighted by atomic mass is 32.2. The van der Waals surface area contributed by atoms with Crippen LogP contribution < -0.4 is 10.0 Å². The number of nitrogens with zero attached hydrogens (tertiary/aromatic N) is 2. The summed E-state index contributed by atoms with van der Waals surface area (Å²) in [5, 5.41) is 11.0. The zero-order chi connectivity index (χ0) is 16.9. The molecule has 0 aliphatic heterocycles. The minimum Gasteiger partial charge on any atom is -0.339 e. The first kappa shape index (κ1) is 17.2. The molecule has 2 N–H and O–H groups in total. The Hall–Kier alpha value is -2.15. The van der Waals surface area contributed by atoms with Gasteiger partial charge in [-0.15, -0.1) is 10.2 Å². The third kappa shape index (κ3) is 5.21. The van der Waals surface area contributed by atoms with E-state index in [1.165, 1.54) is 5.56 Å². The van der Waals surface area contributed by atoms with Crippen molar-refractivity contribution in [3.63, 3.8) is 0 Å². The quantitative estimate of drug-likeness (QED) is 0.809. The van der Waals surface area contributed by atoms with Crippen LogP contribution in [0.5, 0.6) is 0 Å². The Morgan fingerprint density at radius 3 is 2.13 bits per heavy atom. The van der Waals surface area contributed by atoms with Crippen molar-refractivity contribution in [1.82, 2.24) is 10.2 Å². The molecular weight excluding hydrogens is 312 g/mol. The molecule has 0 atom stereocenters. The highest BCUT2D eigenvalue weighted by Gasteiger charge is 2.10. The lowest BCUT2D eigenvalue weighted by atomic mass is 10.0. The van der Waals surface area contributed by atoms with Crippen molar-refractivity contribution in [2.24, 2.45) is 0 Å². The molecule has 0 aliphatic carbocycles. The van der Waals surface area contributed by atoms with Crippen LogP contribution in [-0.2, 0) is 10.0 Å². The van der Waals surface area contributed by atoms with Gasteiger partial charge in [-0.25, -0.2) is 8.42 Å². The van der Waals surface area contributed by atoms with Crippen molar-refractivity contribution in [2.75, 3.05) is 15.8 Å². The molecule has 1 heterocycles. The molecule has 0 radical (unpaired) electrons. The number of benzene rings is 1. The van der Waals surface area contributed by atoms with Gasteiger partial charge in [-0.2, -0.15) is 0 Å². The minimum absolute atomic E-state index is 0.0664. The van der Waals surface area contributed by atoms with Crippen LogP contribution in [0.3, 0.4) is 0 Å². The highest BCUT2D eigenvalue weighted by molar-refractivity contribution is 7.92. The van der Waals surface area contributed by atoms with Crippen molar-refractivity contribution in [3.05, 3.63) is 42.0 Å². The number of sulfonamides is 1. The molecule has 1 aromatic carbocycles. The Morgan fingerprint density at radius 2 is 1.61 bits per heavy atom. The van der Waals surface area contributed by atoms with E-state index in [9.17, 15) is 8.42 Å². The van der Waals surface area contributed by atoms with E-state index in [0.29, 0.717) is 18.2 Å². The van der Waals surface area contributed by atoms with Crippen LogP contribution in [0.4, 0.5) is 17.3 Å². The molecular formula is C16H22N4O2S. The second-order valence-corrected chi connectivity index (χ2v) is 7.47. The molecule has 1 aromatic heterocycles. The van der Waals surface area contributed by atoms with E-state index in [-0.39, 0.29) is 11.6 Å². The second-order valence-electron chi connectivity index (χ2n) is 5.63. The molecule has 2 aromatic rings. The molecule has 0 amide bonds. The van der Waals surface area contributed by atoms with E-state index < -0.39 is 10.0 Å². The predicted molar refractivity (Wildman–Crippen MR) is 93.5 cm³/mol. The summed E-state index contributed by atoms with van der Waals surface area (Å²) in [4.78, 5) is 0. The average molecular weight is 334 g/mol. The molecule has 124 valence electrons. The maximum absolute atomic E-state index is 11.7. The first-order valence-electron chi connectivity index (χ1n) is 7.61. The van der Waals surface area contributed by atoms with Gasteiger partial charge in [0.05, 0.1) is 5.75 Å². The molecule has 0 saturated heterocycles. The fraction of sp³-hybridized carbons (Fsp3) is 0.375. The monoisotopic (exact) mass is 334 g/mol. The van der Waals surface area contributed by atoms with Crippen LogP contribution in [0.1, 0.15) is 38.7 Å². The number of rotatable bonds is 7. The summed E-state index contributed by atoms with van der Waals surface area (Å²) in [5.41, 5.74) is 2.17. The SMILES string of the molecule is CCCS(=O)(=O)Nc1ccc(Nc2ccc(C(C)C)cc2)nn1. The summed E-state index contributed by atoms with van der Waals surface area (Å²) in [6, 6.07) is 11.4. The molecule has 23 heavy (non-hydrogen) atoms. The Morgan fingerprint density at radius 1 is 1.00 bits per heavy atom. The number of nitrogens with one attached hydrogen (secondary N) is 2. The summed E-state index contributed by atoms with van der Waals surface area (Å²) in [6.45, 7) is 6.10. The van der Waals surface area contributed by atoms with Gasteiger partial charge in [-0.1, -0.05) is 32.9 Å². The zero-order valence-electron chi connectivity index (χ0n) is 13.6. The Balaban J connectivity index is 2.02. The number of anilines is 3. The maximum Gasteiger partial charge on any atom is 0.233 e. The molecule has 6 nitrogen and oxygen atoms in total. The molecule has 0 bridgehead atoms. The van der Waals surface area contributed by atoms with Crippen LogP contribution in [0, 0.1) is 0 Å². The number of hydrogen-bond donors (Lipinski definition) is 2. The van der Waals surface area contributed by atoms with Gasteiger partial charge in [0.25, 0.3) is 0 Å². The van der Waals surface area contributed by atoms with E-state index in [1.54, 1.807) is 12.1 Å². The molecule has 7 heteroatoms. The summed E-state index contributed by atoms with van der Waals surface area (Å²) >= 11 is 0. The van der Waals surface area contributed by atoms with Crippen LogP contribution in [0.2, 0.25) is 0 Å². The molecule has 0 aliphatic rings. The van der Waals surface area contributed by atoms with Gasteiger partial charge in [0.15, 0.2) is 11.6 Å². The van der Waals surface area contributed by atoms with Crippen molar-refractivity contribution in [2.45, 2.75) is 33.1 Å². The Bertz CT molecular complexity index is 726. The standard InChI is InChI=1S/C16H22N4O2S/c1-4-11-23(21,22)20-16-10-9-15(18-19-16)17-14-7-5-13(6-8-14)12(2)3/h5-10,12H,4,11H2,1-3H3,(H,17,18)(H,19,20). The van der Waals surface area contributed by atoms with Gasteiger partial charge in [0.2, 0.25) is 10.0 Å².